The molecule has 1 nitrogen and oxygen atoms in total. The van der Waals surface area contributed by atoms with Gasteiger partial charge in [-0.2, -0.15) is 0 Å². The van der Waals surface area contributed by atoms with Gasteiger partial charge in [-0.15, -0.1) is 11.3 Å². The van der Waals surface area contributed by atoms with Crippen LogP contribution in [0.5, 0.6) is 0 Å². The van der Waals surface area contributed by atoms with E-state index in [4.69, 9.17) is 4.42 Å². The van der Waals surface area contributed by atoms with Crippen LogP contribution in [-0.2, 0) is 5.41 Å². The number of fused-ring (bicyclic) bond motifs is 13. The van der Waals surface area contributed by atoms with E-state index in [2.05, 4.69) is 166 Å². The van der Waals surface area contributed by atoms with Gasteiger partial charge in [-0.1, -0.05) is 129 Å². The molecule has 1 aliphatic rings. The molecule has 0 radical (unpaired) electrons. The lowest BCUT2D eigenvalue weighted by Crippen LogP contribution is -2.14. The van der Waals surface area contributed by atoms with Gasteiger partial charge in [-0.25, -0.2) is 0 Å². The van der Waals surface area contributed by atoms with Crippen molar-refractivity contribution in [2.45, 2.75) is 19.3 Å². The van der Waals surface area contributed by atoms with Gasteiger partial charge in [-0.05, 0) is 119 Å². The van der Waals surface area contributed by atoms with Crippen LogP contribution in [-0.4, -0.2) is 0 Å². The minimum Gasteiger partial charge on any atom is -0.456 e. The fraction of sp³-hybridized carbons (Fsp3) is 0.0588. The lowest BCUT2D eigenvalue weighted by Gasteiger charge is -2.22. The molecule has 0 bridgehead atoms. The molecule has 248 valence electrons. The molecule has 2 aromatic heterocycles. The van der Waals surface area contributed by atoms with Crippen LogP contribution < -0.4 is 0 Å². The molecule has 0 amide bonds. The Bertz CT molecular complexity index is 3320. The topological polar surface area (TPSA) is 13.1 Å². The quantitative estimate of drug-likeness (QED) is 0.164. The van der Waals surface area contributed by atoms with Crippen molar-refractivity contribution in [1.82, 2.24) is 0 Å². The first-order chi connectivity index (χ1) is 26.0. The highest BCUT2D eigenvalue weighted by Crippen LogP contribution is 2.54. The predicted molar refractivity (Wildman–Crippen MR) is 228 cm³/mol. The molecule has 0 N–H and O–H groups in total. The summed E-state index contributed by atoms with van der Waals surface area (Å²) in [5.41, 5.74) is 12.2. The van der Waals surface area contributed by atoms with Gasteiger partial charge in [0.1, 0.15) is 11.2 Å². The monoisotopic (exact) mass is 692 g/mol. The van der Waals surface area contributed by atoms with Gasteiger partial charge in [0, 0.05) is 36.4 Å². The first-order valence-electron chi connectivity index (χ1n) is 18.4. The molecule has 9 aromatic carbocycles. The minimum atomic E-state index is -0.112. The molecular weight excluding hydrogens is 661 g/mol. The highest BCUT2D eigenvalue weighted by atomic mass is 32.1. The van der Waals surface area contributed by atoms with E-state index in [0.717, 1.165) is 21.9 Å². The maximum absolute atomic E-state index is 6.38. The molecule has 0 saturated heterocycles. The van der Waals surface area contributed by atoms with Crippen molar-refractivity contribution in [1.29, 1.82) is 0 Å². The van der Waals surface area contributed by atoms with E-state index >= 15 is 0 Å². The third-order valence-electron chi connectivity index (χ3n) is 12.0. The molecule has 0 spiro atoms. The van der Waals surface area contributed by atoms with Crippen molar-refractivity contribution in [2.24, 2.45) is 0 Å². The van der Waals surface area contributed by atoms with Gasteiger partial charge in [0.2, 0.25) is 0 Å². The molecule has 0 atom stereocenters. The van der Waals surface area contributed by atoms with Crippen LogP contribution in [0.1, 0.15) is 25.0 Å². The Hall–Kier alpha value is -6.22. The van der Waals surface area contributed by atoms with Gasteiger partial charge in [0.25, 0.3) is 0 Å². The summed E-state index contributed by atoms with van der Waals surface area (Å²) in [6, 6.07) is 58.5. The molecule has 12 rings (SSSR count). The number of thiophene rings is 1. The SMILES string of the molecule is CC1(C)c2ccc(-c3c4ccccc4c(-c4ccc5c(c4)oc4ccccc45)c4ccccc34)cc2-c2cc3sc4ccc5ccccc5c4c3cc21. The summed E-state index contributed by atoms with van der Waals surface area (Å²) in [5, 5.41) is 12.7. The zero-order chi connectivity index (χ0) is 35.0. The zero-order valence-corrected chi connectivity index (χ0v) is 30.1. The number of para-hydroxylation sites is 1. The van der Waals surface area contributed by atoms with Crippen molar-refractivity contribution >= 4 is 85.8 Å². The van der Waals surface area contributed by atoms with Crippen LogP contribution in [0.25, 0.3) is 108 Å². The van der Waals surface area contributed by atoms with Crippen LogP contribution in [0, 0.1) is 0 Å². The van der Waals surface area contributed by atoms with E-state index in [1.165, 1.54) is 97.0 Å². The van der Waals surface area contributed by atoms with Crippen molar-refractivity contribution in [2.75, 3.05) is 0 Å². The van der Waals surface area contributed by atoms with E-state index in [0.29, 0.717) is 0 Å². The average molecular weight is 693 g/mol. The Balaban J connectivity index is 1.09. The summed E-state index contributed by atoms with van der Waals surface area (Å²) >= 11 is 1.92. The summed E-state index contributed by atoms with van der Waals surface area (Å²) in [7, 11) is 0. The lowest BCUT2D eigenvalue weighted by molar-refractivity contribution is 0.661. The number of rotatable bonds is 2. The van der Waals surface area contributed by atoms with Crippen LogP contribution in [0.2, 0.25) is 0 Å². The zero-order valence-electron chi connectivity index (χ0n) is 29.3. The first kappa shape index (κ1) is 29.4. The summed E-state index contributed by atoms with van der Waals surface area (Å²) in [6.45, 7) is 4.79. The molecule has 1 aliphatic carbocycles. The van der Waals surface area contributed by atoms with E-state index < -0.39 is 0 Å². The molecular formula is C51H32OS. The average Bonchev–Trinajstić information content (AvgIpc) is 3.83. The van der Waals surface area contributed by atoms with E-state index in [9.17, 15) is 0 Å². The predicted octanol–water partition coefficient (Wildman–Crippen LogP) is 15.1. The molecule has 0 aliphatic heterocycles. The standard InChI is InChI=1S/C51H32OS/c1-51(2)42-23-20-30(25-39(42)40-28-47-41(27-43(40)51)50-32-12-4-3-11-29(32)21-24-46(50)53-47)48-35-14-5-7-16-37(35)49(38-17-8-6-15-36(38)48)31-19-22-34-33-13-9-10-18-44(33)52-45(34)26-31/h3-28H,1-2H3. The molecule has 0 fully saturated rings. The third kappa shape index (κ3) is 3.96. The largest absolute Gasteiger partial charge is 0.456 e. The van der Waals surface area contributed by atoms with Crippen LogP contribution in [0.15, 0.2) is 162 Å². The molecule has 0 saturated carbocycles. The Labute approximate surface area is 310 Å². The Kier molecular flexibility index (Phi) is 5.78. The minimum absolute atomic E-state index is 0.112. The highest BCUT2D eigenvalue weighted by Gasteiger charge is 2.36. The van der Waals surface area contributed by atoms with Gasteiger partial charge < -0.3 is 4.42 Å². The van der Waals surface area contributed by atoms with Crippen molar-refractivity contribution in [3.8, 4) is 33.4 Å². The van der Waals surface area contributed by atoms with Crippen molar-refractivity contribution in [3.05, 3.63) is 169 Å². The number of hydrogen-bond donors (Lipinski definition) is 0. The van der Waals surface area contributed by atoms with Gasteiger partial charge >= 0.3 is 0 Å². The van der Waals surface area contributed by atoms with Crippen LogP contribution >= 0.6 is 11.3 Å². The molecule has 53 heavy (non-hydrogen) atoms. The third-order valence-corrected chi connectivity index (χ3v) is 13.2. The fourth-order valence-electron chi connectivity index (χ4n) is 9.58. The second-order valence-electron chi connectivity index (χ2n) is 15.2. The second kappa shape index (κ2) is 10.4. The maximum atomic E-state index is 6.38. The highest BCUT2D eigenvalue weighted by molar-refractivity contribution is 7.26. The smallest absolute Gasteiger partial charge is 0.136 e. The Morgan fingerprint density at radius 2 is 1.00 bits per heavy atom. The first-order valence-corrected chi connectivity index (χ1v) is 19.2. The Morgan fingerprint density at radius 3 is 1.74 bits per heavy atom. The normalized spacial score (nSPS) is 13.6. The van der Waals surface area contributed by atoms with Gasteiger partial charge in [0.15, 0.2) is 0 Å². The summed E-state index contributed by atoms with van der Waals surface area (Å²) < 4.78 is 9.09. The van der Waals surface area contributed by atoms with Crippen molar-refractivity contribution in [3.63, 3.8) is 0 Å². The van der Waals surface area contributed by atoms with E-state index in [1.54, 1.807) is 0 Å². The Morgan fingerprint density at radius 1 is 0.415 bits per heavy atom. The number of furan rings is 1. The summed E-state index contributed by atoms with van der Waals surface area (Å²) in [5.74, 6) is 0. The number of benzene rings is 9. The summed E-state index contributed by atoms with van der Waals surface area (Å²) in [4.78, 5) is 0. The fourth-order valence-corrected chi connectivity index (χ4v) is 10.7. The van der Waals surface area contributed by atoms with Gasteiger partial charge in [-0.3, -0.25) is 0 Å². The maximum Gasteiger partial charge on any atom is 0.136 e. The second-order valence-corrected chi connectivity index (χ2v) is 16.3. The van der Waals surface area contributed by atoms with Crippen LogP contribution in [0.4, 0.5) is 0 Å². The van der Waals surface area contributed by atoms with Crippen molar-refractivity contribution < 1.29 is 4.42 Å². The van der Waals surface area contributed by atoms with Gasteiger partial charge in [0.05, 0.1) is 0 Å². The molecule has 2 heterocycles. The number of hydrogen-bond acceptors (Lipinski definition) is 2. The van der Waals surface area contributed by atoms with Crippen LogP contribution in [0.3, 0.4) is 0 Å². The molecule has 11 aromatic rings. The van der Waals surface area contributed by atoms with E-state index in [-0.39, 0.29) is 5.41 Å². The molecule has 2 heteroatoms. The lowest BCUT2D eigenvalue weighted by atomic mass is 9.81. The van der Waals surface area contributed by atoms with E-state index in [1.807, 2.05) is 17.4 Å². The summed E-state index contributed by atoms with van der Waals surface area (Å²) in [6.07, 6.45) is 0. The molecule has 0 unspecified atom stereocenters.